The Kier molecular flexibility index (Phi) is 6.99. The van der Waals surface area contributed by atoms with E-state index in [0.717, 1.165) is 12.2 Å². The van der Waals surface area contributed by atoms with E-state index in [1.54, 1.807) is 0 Å². The van der Waals surface area contributed by atoms with Crippen molar-refractivity contribution in [2.45, 2.75) is 32.0 Å². The van der Waals surface area contributed by atoms with Gasteiger partial charge in [-0.1, -0.05) is 0 Å². The lowest BCUT2D eigenvalue weighted by Crippen LogP contribution is -2.46. The minimum absolute atomic E-state index is 0.192. The molecule has 0 bridgehead atoms. The van der Waals surface area contributed by atoms with Crippen LogP contribution in [0.3, 0.4) is 0 Å². The van der Waals surface area contributed by atoms with Crippen molar-refractivity contribution in [2.75, 3.05) is 13.1 Å². The minimum atomic E-state index is -4.69. The Balaban J connectivity index is 1.98. The molecule has 0 spiro atoms. The second kappa shape index (κ2) is 9.06. The lowest BCUT2D eigenvalue weighted by atomic mass is 9.95. The third-order valence-electron chi connectivity index (χ3n) is 4.63. The number of nitrogens with zero attached hydrogens (tertiary/aromatic N) is 1. The van der Waals surface area contributed by atoms with Crippen LogP contribution >= 0.6 is 0 Å². The highest BCUT2D eigenvalue weighted by Gasteiger charge is 2.33. The third-order valence-corrected chi connectivity index (χ3v) is 4.63. The molecule has 2 rings (SSSR count). The van der Waals surface area contributed by atoms with E-state index in [1.807, 2.05) is 0 Å². The number of carboxylic acid groups (broad SMARTS) is 1. The topological polar surface area (TPSA) is 86.7 Å². The van der Waals surface area contributed by atoms with Gasteiger partial charge in [0.25, 0.3) is 0 Å². The number of carbonyl (C=O) groups is 3. The van der Waals surface area contributed by atoms with Crippen LogP contribution in [0, 0.1) is 11.7 Å². The maximum Gasteiger partial charge on any atom is 0.416 e. The minimum Gasteiger partial charge on any atom is -0.480 e. The summed E-state index contributed by atoms with van der Waals surface area (Å²) in [4.78, 5) is 36.4. The zero-order valence-electron chi connectivity index (χ0n) is 15.5. The number of alkyl halides is 3. The van der Waals surface area contributed by atoms with Gasteiger partial charge in [-0.3, -0.25) is 14.4 Å². The molecule has 10 heteroatoms. The highest BCUT2D eigenvalue weighted by molar-refractivity contribution is 5.92. The molecular weight excluding hydrogens is 396 g/mol. The Morgan fingerprint density at radius 1 is 1.24 bits per heavy atom. The zero-order chi connectivity index (χ0) is 21.8. The van der Waals surface area contributed by atoms with Gasteiger partial charge >= 0.3 is 12.1 Å². The van der Waals surface area contributed by atoms with Crippen LogP contribution in [-0.4, -0.2) is 46.9 Å². The average Bonchev–Trinajstić information content (AvgIpc) is 2.65. The number of hydrogen-bond donors (Lipinski definition) is 2. The van der Waals surface area contributed by atoms with Crippen molar-refractivity contribution in [1.82, 2.24) is 10.2 Å². The highest BCUT2D eigenvalue weighted by Crippen LogP contribution is 2.33. The molecule has 2 N–H and O–H groups in total. The van der Waals surface area contributed by atoms with Crippen molar-refractivity contribution in [3.8, 4) is 0 Å². The molecule has 2 amide bonds. The van der Waals surface area contributed by atoms with Gasteiger partial charge in [0.15, 0.2) is 0 Å². The van der Waals surface area contributed by atoms with Crippen LogP contribution in [0.5, 0.6) is 0 Å². The van der Waals surface area contributed by atoms with Gasteiger partial charge < -0.3 is 15.3 Å². The first-order valence-corrected chi connectivity index (χ1v) is 8.86. The van der Waals surface area contributed by atoms with Gasteiger partial charge in [0.05, 0.1) is 5.56 Å². The summed E-state index contributed by atoms with van der Waals surface area (Å²) in [7, 11) is 0. The molecular formula is C19H20F4N2O4. The molecule has 1 fully saturated rings. The fourth-order valence-corrected chi connectivity index (χ4v) is 2.95. The van der Waals surface area contributed by atoms with E-state index in [0.29, 0.717) is 31.0 Å². The summed E-state index contributed by atoms with van der Waals surface area (Å²) in [6, 6.07) is 0.983. The number of amides is 2. The smallest absolute Gasteiger partial charge is 0.416 e. The number of aliphatic carboxylic acids is 1. The normalized spacial score (nSPS) is 16.7. The molecule has 1 aliphatic rings. The molecule has 1 heterocycles. The number of nitrogens with one attached hydrogen (secondary N) is 1. The van der Waals surface area contributed by atoms with Crippen molar-refractivity contribution in [2.24, 2.45) is 5.92 Å². The summed E-state index contributed by atoms with van der Waals surface area (Å²) in [6.07, 6.45) is -2.23. The van der Waals surface area contributed by atoms with Crippen molar-refractivity contribution < 1.29 is 37.1 Å². The summed E-state index contributed by atoms with van der Waals surface area (Å²) in [5.74, 6) is -3.44. The van der Waals surface area contributed by atoms with E-state index in [1.165, 1.54) is 11.8 Å². The van der Waals surface area contributed by atoms with Crippen molar-refractivity contribution in [3.05, 3.63) is 41.2 Å². The molecule has 0 saturated carbocycles. The number of rotatable bonds is 5. The summed E-state index contributed by atoms with van der Waals surface area (Å²) < 4.78 is 52.3. The Morgan fingerprint density at radius 3 is 2.41 bits per heavy atom. The van der Waals surface area contributed by atoms with Gasteiger partial charge in [-0.05, 0) is 49.6 Å². The van der Waals surface area contributed by atoms with Crippen LogP contribution in [-0.2, 0) is 20.6 Å². The van der Waals surface area contributed by atoms with Crippen LogP contribution in [0.2, 0.25) is 0 Å². The molecule has 1 aromatic carbocycles. The molecule has 1 atom stereocenters. The number of benzene rings is 1. The Bertz CT molecular complexity index is 815. The molecule has 0 radical (unpaired) electrons. The second-order valence-electron chi connectivity index (χ2n) is 6.73. The van der Waals surface area contributed by atoms with Crippen LogP contribution < -0.4 is 5.32 Å². The fraction of sp³-hybridized carbons (Fsp3) is 0.421. The predicted molar refractivity (Wildman–Crippen MR) is 95.0 cm³/mol. The maximum atomic E-state index is 13.3. The van der Waals surface area contributed by atoms with Gasteiger partial charge in [-0.25, -0.2) is 4.39 Å². The van der Waals surface area contributed by atoms with Gasteiger partial charge in [0.2, 0.25) is 11.8 Å². The number of carbonyl (C=O) groups excluding carboxylic acids is 2. The quantitative estimate of drug-likeness (QED) is 0.571. The average molecular weight is 416 g/mol. The first-order chi connectivity index (χ1) is 13.5. The first kappa shape index (κ1) is 22.4. The molecule has 0 aliphatic carbocycles. The number of hydrogen-bond acceptors (Lipinski definition) is 3. The fourth-order valence-electron chi connectivity index (χ4n) is 2.95. The largest absolute Gasteiger partial charge is 0.480 e. The lowest BCUT2D eigenvalue weighted by Gasteiger charge is -2.31. The summed E-state index contributed by atoms with van der Waals surface area (Å²) in [5, 5.41) is 11.2. The molecule has 1 saturated heterocycles. The van der Waals surface area contributed by atoms with Gasteiger partial charge in [-0.2, -0.15) is 13.2 Å². The monoisotopic (exact) mass is 416 g/mol. The molecule has 29 heavy (non-hydrogen) atoms. The van der Waals surface area contributed by atoms with E-state index in [-0.39, 0.29) is 13.1 Å². The zero-order valence-corrected chi connectivity index (χ0v) is 15.5. The van der Waals surface area contributed by atoms with E-state index >= 15 is 0 Å². The van der Waals surface area contributed by atoms with E-state index in [2.05, 4.69) is 5.32 Å². The van der Waals surface area contributed by atoms with Gasteiger partial charge in [0, 0.05) is 25.1 Å². The summed E-state index contributed by atoms with van der Waals surface area (Å²) >= 11 is 0. The Labute approximate surface area is 164 Å². The first-order valence-electron chi connectivity index (χ1n) is 8.86. The number of carboxylic acids is 1. The summed E-state index contributed by atoms with van der Waals surface area (Å²) in [6.45, 7) is 1.72. The van der Waals surface area contributed by atoms with Crippen molar-refractivity contribution in [3.63, 3.8) is 0 Å². The van der Waals surface area contributed by atoms with Crippen LogP contribution in [0.4, 0.5) is 17.6 Å². The van der Waals surface area contributed by atoms with Gasteiger partial charge in [-0.15, -0.1) is 0 Å². The number of halogens is 4. The number of piperidine rings is 1. The Hall–Kier alpha value is -2.91. The molecule has 1 unspecified atom stereocenters. The van der Waals surface area contributed by atoms with Crippen molar-refractivity contribution in [1.29, 1.82) is 0 Å². The number of likely N-dealkylation sites (tertiary alicyclic amines) is 1. The second-order valence-corrected chi connectivity index (χ2v) is 6.73. The summed E-state index contributed by atoms with van der Waals surface area (Å²) in [5.41, 5.74) is -1.51. The van der Waals surface area contributed by atoms with Crippen LogP contribution in [0.1, 0.15) is 30.9 Å². The van der Waals surface area contributed by atoms with E-state index in [4.69, 9.17) is 5.11 Å². The van der Waals surface area contributed by atoms with E-state index in [9.17, 15) is 31.9 Å². The third kappa shape index (κ3) is 6.03. The SMILES string of the molecule is CC(NC(=O)C1CCN(C(=O)C=Cc2cc(F)ccc2C(F)(F)F)CC1)C(=O)O. The molecule has 0 aromatic heterocycles. The van der Waals surface area contributed by atoms with Crippen molar-refractivity contribution >= 4 is 23.9 Å². The lowest BCUT2D eigenvalue weighted by molar-refractivity contribution is -0.142. The van der Waals surface area contributed by atoms with E-state index < -0.39 is 52.9 Å². The molecule has 1 aromatic rings. The molecule has 158 valence electrons. The van der Waals surface area contributed by atoms with Gasteiger partial charge in [0.1, 0.15) is 11.9 Å². The maximum absolute atomic E-state index is 13.3. The molecule has 1 aliphatic heterocycles. The predicted octanol–water partition coefficient (Wildman–Crippen LogP) is 2.69. The van der Waals surface area contributed by atoms with Crippen LogP contribution in [0.15, 0.2) is 24.3 Å². The molecule has 6 nitrogen and oxygen atoms in total. The standard InChI is InChI=1S/C19H20F4N2O4/c1-11(18(28)29)24-17(27)12-6-8-25(9-7-12)16(26)5-2-13-10-14(20)3-4-15(13)19(21,22)23/h2-5,10-12H,6-9H2,1H3,(H,24,27)(H,28,29). The van der Waals surface area contributed by atoms with Crippen LogP contribution in [0.25, 0.3) is 6.08 Å². The Morgan fingerprint density at radius 2 is 1.86 bits per heavy atom. The highest BCUT2D eigenvalue weighted by atomic mass is 19.4.